The van der Waals surface area contributed by atoms with E-state index in [2.05, 4.69) is 48.3 Å². The maximum absolute atomic E-state index is 11.4. The molecule has 2 N–H and O–H groups in total. The summed E-state index contributed by atoms with van der Waals surface area (Å²) < 4.78 is 0. The van der Waals surface area contributed by atoms with Crippen LogP contribution in [0.25, 0.3) is 0 Å². The van der Waals surface area contributed by atoms with Crippen LogP contribution in [-0.2, 0) is 11.3 Å². The lowest BCUT2D eigenvalue weighted by Crippen LogP contribution is -2.51. The number of hydrogen-bond donors (Lipinski definition) is 2. The Morgan fingerprint density at radius 2 is 2.13 bits per heavy atom. The second kappa shape index (κ2) is 9.04. The minimum atomic E-state index is -0.710. The molecule has 0 amide bonds. The molecule has 1 aromatic carbocycles. The van der Waals surface area contributed by atoms with E-state index in [0.717, 1.165) is 45.2 Å². The van der Waals surface area contributed by atoms with Gasteiger partial charge in [-0.15, -0.1) is 0 Å². The van der Waals surface area contributed by atoms with E-state index in [4.69, 9.17) is 0 Å². The minimum Gasteiger partial charge on any atom is -0.480 e. The van der Waals surface area contributed by atoms with Gasteiger partial charge < -0.3 is 10.4 Å². The van der Waals surface area contributed by atoms with Crippen LogP contribution in [0.4, 0.5) is 0 Å². The number of carboxylic acids is 1. The van der Waals surface area contributed by atoms with Crippen LogP contribution in [0.1, 0.15) is 51.5 Å². The maximum Gasteiger partial charge on any atom is 0.320 e. The van der Waals surface area contributed by atoms with Gasteiger partial charge in [-0.25, -0.2) is 0 Å². The fourth-order valence-electron chi connectivity index (χ4n) is 3.40. The molecule has 0 aromatic heterocycles. The fourth-order valence-corrected chi connectivity index (χ4v) is 3.40. The van der Waals surface area contributed by atoms with E-state index >= 15 is 0 Å². The molecule has 128 valence electrons. The number of nitrogens with zero attached hydrogens (tertiary/aromatic N) is 1. The molecule has 4 heteroatoms. The molecule has 1 aliphatic rings. The van der Waals surface area contributed by atoms with Gasteiger partial charge in [0.05, 0.1) is 0 Å². The Morgan fingerprint density at radius 3 is 2.74 bits per heavy atom. The third-order valence-electron chi connectivity index (χ3n) is 4.82. The van der Waals surface area contributed by atoms with E-state index in [1.165, 1.54) is 5.56 Å². The molecule has 3 unspecified atom stereocenters. The second-order valence-corrected chi connectivity index (χ2v) is 6.73. The van der Waals surface area contributed by atoms with E-state index in [1.54, 1.807) is 0 Å². The minimum absolute atomic E-state index is 0.315. The normalized spacial score (nSPS) is 23.6. The molecule has 0 bridgehead atoms. The van der Waals surface area contributed by atoms with Gasteiger partial charge in [0, 0.05) is 25.2 Å². The number of likely N-dealkylation sites (tertiary alicyclic amines) is 1. The summed E-state index contributed by atoms with van der Waals surface area (Å²) in [4.78, 5) is 13.9. The molecule has 0 spiro atoms. The van der Waals surface area contributed by atoms with E-state index in [-0.39, 0.29) is 0 Å². The summed E-state index contributed by atoms with van der Waals surface area (Å²) in [6.07, 6.45) is 4.77. The fraction of sp³-hybridized carbons (Fsp3) is 0.632. The van der Waals surface area contributed by atoms with Crippen molar-refractivity contribution in [3.63, 3.8) is 0 Å². The van der Waals surface area contributed by atoms with Gasteiger partial charge in [0.1, 0.15) is 6.04 Å². The van der Waals surface area contributed by atoms with E-state index < -0.39 is 12.0 Å². The van der Waals surface area contributed by atoms with Gasteiger partial charge in [0.25, 0.3) is 0 Å². The van der Waals surface area contributed by atoms with Crippen molar-refractivity contribution < 1.29 is 9.90 Å². The van der Waals surface area contributed by atoms with Crippen LogP contribution in [0.5, 0.6) is 0 Å². The van der Waals surface area contributed by atoms with Crippen molar-refractivity contribution in [1.82, 2.24) is 10.2 Å². The van der Waals surface area contributed by atoms with Crippen LogP contribution in [0.2, 0.25) is 0 Å². The number of piperidine rings is 1. The van der Waals surface area contributed by atoms with Crippen molar-refractivity contribution in [2.75, 3.05) is 6.54 Å². The van der Waals surface area contributed by atoms with Crippen LogP contribution in [0.3, 0.4) is 0 Å². The number of rotatable bonds is 8. The van der Waals surface area contributed by atoms with Crippen LogP contribution >= 0.6 is 0 Å². The Morgan fingerprint density at radius 1 is 1.39 bits per heavy atom. The van der Waals surface area contributed by atoms with Gasteiger partial charge in [-0.2, -0.15) is 0 Å². The summed E-state index contributed by atoms with van der Waals surface area (Å²) in [6, 6.07) is 10.9. The number of carbonyl (C=O) groups is 1. The molecule has 1 aromatic rings. The molecule has 0 saturated carbocycles. The van der Waals surface area contributed by atoms with Crippen LogP contribution in [-0.4, -0.2) is 40.6 Å². The standard InChI is InChI=1S/C19H30N2O2/c1-3-4-10-18(19(22)23)20-17-11-12-21(15(2)13-17)14-16-8-6-5-7-9-16/h5-9,15,17-18,20H,3-4,10-14H2,1-2H3,(H,22,23). The van der Waals surface area contributed by atoms with Crippen LogP contribution < -0.4 is 5.32 Å². The quantitative estimate of drug-likeness (QED) is 0.772. The summed E-state index contributed by atoms with van der Waals surface area (Å²) in [6.45, 7) is 6.35. The first-order valence-electron chi connectivity index (χ1n) is 8.87. The average molecular weight is 318 g/mol. The zero-order chi connectivity index (χ0) is 16.7. The largest absolute Gasteiger partial charge is 0.480 e. The molecule has 4 nitrogen and oxygen atoms in total. The summed E-state index contributed by atoms with van der Waals surface area (Å²) in [5, 5.41) is 12.7. The molecule has 1 fully saturated rings. The van der Waals surface area contributed by atoms with E-state index in [1.807, 2.05) is 6.07 Å². The number of aliphatic carboxylic acids is 1. The van der Waals surface area contributed by atoms with Crippen molar-refractivity contribution in [1.29, 1.82) is 0 Å². The number of hydrogen-bond acceptors (Lipinski definition) is 3. The highest BCUT2D eigenvalue weighted by atomic mass is 16.4. The first-order valence-corrected chi connectivity index (χ1v) is 8.87. The first-order chi connectivity index (χ1) is 11.1. The van der Waals surface area contributed by atoms with Crippen molar-refractivity contribution in [3.8, 4) is 0 Å². The molecule has 23 heavy (non-hydrogen) atoms. The first kappa shape index (κ1) is 18.0. The Kier molecular flexibility index (Phi) is 7.06. The SMILES string of the molecule is CCCCC(NC1CCN(Cc2ccccc2)C(C)C1)C(=O)O. The van der Waals surface area contributed by atoms with Crippen molar-refractivity contribution in [3.05, 3.63) is 35.9 Å². The molecule has 1 heterocycles. The lowest BCUT2D eigenvalue weighted by Gasteiger charge is -2.39. The monoisotopic (exact) mass is 318 g/mol. The number of unbranched alkanes of at least 4 members (excludes halogenated alkanes) is 1. The average Bonchev–Trinajstić information content (AvgIpc) is 2.54. The highest BCUT2D eigenvalue weighted by Gasteiger charge is 2.28. The molecule has 0 aliphatic carbocycles. The Hall–Kier alpha value is -1.39. The van der Waals surface area contributed by atoms with Crippen LogP contribution in [0, 0.1) is 0 Å². The summed E-state index contributed by atoms with van der Waals surface area (Å²) in [5.74, 6) is -0.710. The van der Waals surface area contributed by atoms with E-state index in [0.29, 0.717) is 12.1 Å². The van der Waals surface area contributed by atoms with Gasteiger partial charge >= 0.3 is 5.97 Å². The lowest BCUT2D eigenvalue weighted by atomic mass is 9.96. The van der Waals surface area contributed by atoms with Gasteiger partial charge in [0.2, 0.25) is 0 Å². The van der Waals surface area contributed by atoms with Crippen LogP contribution in [0.15, 0.2) is 30.3 Å². The zero-order valence-electron chi connectivity index (χ0n) is 14.4. The topological polar surface area (TPSA) is 52.6 Å². The van der Waals surface area contributed by atoms with Gasteiger partial charge in [-0.3, -0.25) is 9.69 Å². The zero-order valence-corrected chi connectivity index (χ0v) is 14.4. The number of carboxylic acid groups (broad SMARTS) is 1. The molecule has 0 radical (unpaired) electrons. The Labute approximate surface area is 139 Å². The summed E-state index contributed by atoms with van der Waals surface area (Å²) >= 11 is 0. The van der Waals surface area contributed by atoms with Crippen molar-refractivity contribution in [2.45, 2.75) is 70.6 Å². The molecular formula is C19H30N2O2. The smallest absolute Gasteiger partial charge is 0.320 e. The number of benzene rings is 1. The molecular weight excluding hydrogens is 288 g/mol. The maximum atomic E-state index is 11.4. The predicted octanol–water partition coefficient (Wildman–Crippen LogP) is 3.27. The predicted molar refractivity (Wildman–Crippen MR) is 93.4 cm³/mol. The third kappa shape index (κ3) is 5.63. The second-order valence-electron chi connectivity index (χ2n) is 6.73. The van der Waals surface area contributed by atoms with Gasteiger partial charge in [-0.1, -0.05) is 50.1 Å². The van der Waals surface area contributed by atoms with Crippen molar-refractivity contribution in [2.24, 2.45) is 0 Å². The summed E-state index contributed by atoms with van der Waals surface area (Å²) in [7, 11) is 0. The molecule has 1 aliphatic heterocycles. The Bertz CT molecular complexity index is 478. The highest BCUT2D eigenvalue weighted by Crippen LogP contribution is 2.20. The van der Waals surface area contributed by atoms with Crippen molar-refractivity contribution >= 4 is 5.97 Å². The number of nitrogens with one attached hydrogen (secondary N) is 1. The highest BCUT2D eigenvalue weighted by molar-refractivity contribution is 5.73. The summed E-state index contributed by atoms with van der Waals surface area (Å²) in [5.41, 5.74) is 1.34. The molecule has 2 rings (SSSR count). The van der Waals surface area contributed by atoms with Gasteiger partial charge in [0.15, 0.2) is 0 Å². The molecule has 1 saturated heterocycles. The molecule has 3 atom stereocenters. The Balaban J connectivity index is 1.84. The van der Waals surface area contributed by atoms with Gasteiger partial charge in [-0.05, 0) is 31.7 Å². The lowest BCUT2D eigenvalue weighted by molar-refractivity contribution is -0.140. The third-order valence-corrected chi connectivity index (χ3v) is 4.82. The van der Waals surface area contributed by atoms with E-state index in [9.17, 15) is 9.90 Å².